The fourth-order valence-electron chi connectivity index (χ4n) is 2.30. The number of hydrogen-bond donors (Lipinski definition) is 1. The first-order chi connectivity index (χ1) is 7.24. The van der Waals surface area contributed by atoms with Gasteiger partial charge in [0.15, 0.2) is 0 Å². The highest BCUT2D eigenvalue weighted by Crippen LogP contribution is 2.33. The van der Waals surface area contributed by atoms with E-state index in [1.165, 1.54) is 38.5 Å². The Bertz CT molecular complexity index is 138. The zero-order valence-corrected chi connectivity index (χ0v) is 11.1. The van der Waals surface area contributed by atoms with Crippen LogP contribution in [0.3, 0.4) is 0 Å². The number of ether oxygens (including phenoxy) is 1. The second kappa shape index (κ2) is 9.17. The summed E-state index contributed by atoms with van der Waals surface area (Å²) in [5.74, 6) is 0. The van der Waals surface area contributed by atoms with Crippen molar-refractivity contribution in [3.8, 4) is 0 Å². The van der Waals surface area contributed by atoms with Crippen LogP contribution in [0.4, 0.5) is 0 Å². The van der Waals surface area contributed by atoms with Crippen molar-refractivity contribution in [3.05, 3.63) is 0 Å². The standard InChI is InChI=1S/C13H29NO/c1-5-7-9-13(6-2,12-14-3)10-8-11-15-4/h14H,5-12H2,1-4H3. The Labute approximate surface area is 95.8 Å². The van der Waals surface area contributed by atoms with Gasteiger partial charge in [-0.05, 0) is 38.1 Å². The van der Waals surface area contributed by atoms with Gasteiger partial charge in [0.25, 0.3) is 0 Å². The number of methoxy groups -OCH3 is 1. The molecule has 0 aromatic carbocycles. The lowest BCUT2D eigenvalue weighted by atomic mass is 9.76. The lowest BCUT2D eigenvalue weighted by Crippen LogP contribution is -2.32. The fourth-order valence-corrected chi connectivity index (χ4v) is 2.30. The van der Waals surface area contributed by atoms with Crippen LogP contribution in [0.25, 0.3) is 0 Å². The van der Waals surface area contributed by atoms with Crippen LogP contribution in [0.5, 0.6) is 0 Å². The third-order valence-electron chi connectivity index (χ3n) is 3.42. The molecule has 0 aliphatic heterocycles. The third kappa shape index (κ3) is 6.16. The topological polar surface area (TPSA) is 21.3 Å². The molecular weight excluding hydrogens is 186 g/mol. The van der Waals surface area contributed by atoms with Crippen molar-refractivity contribution in [2.24, 2.45) is 5.41 Å². The van der Waals surface area contributed by atoms with Gasteiger partial charge in [0, 0.05) is 20.3 Å². The molecule has 0 heterocycles. The molecule has 0 saturated heterocycles. The second-order valence-corrected chi connectivity index (χ2v) is 4.58. The van der Waals surface area contributed by atoms with Crippen LogP contribution in [0, 0.1) is 5.41 Å². The quantitative estimate of drug-likeness (QED) is 0.565. The van der Waals surface area contributed by atoms with E-state index in [9.17, 15) is 0 Å². The summed E-state index contributed by atoms with van der Waals surface area (Å²) in [5, 5.41) is 3.35. The Balaban J connectivity index is 4.09. The maximum absolute atomic E-state index is 5.14. The highest BCUT2D eigenvalue weighted by atomic mass is 16.5. The number of rotatable bonds is 10. The molecule has 92 valence electrons. The minimum atomic E-state index is 0.503. The molecular formula is C13H29NO. The van der Waals surface area contributed by atoms with Crippen molar-refractivity contribution in [1.82, 2.24) is 5.32 Å². The predicted octanol–water partition coefficient (Wildman–Crippen LogP) is 3.22. The first-order valence-corrected chi connectivity index (χ1v) is 6.38. The van der Waals surface area contributed by atoms with Crippen molar-refractivity contribution in [1.29, 1.82) is 0 Å². The Morgan fingerprint density at radius 3 is 2.27 bits per heavy atom. The molecule has 0 aliphatic rings. The first kappa shape index (κ1) is 14.9. The van der Waals surface area contributed by atoms with Gasteiger partial charge >= 0.3 is 0 Å². The van der Waals surface area contributed by atoms with Crippen LogP contribution in [-0.4, -0.2) is 27.3 Å². The second-order valence-electron chi connectivity index (χ2n) is 4.58. The third-order valence-corrected chi connectivity index (χ3v) is 3.42. The minimum absolute atomic E-state index is 0.503. The zero-order valence-electron chi connectivity index (χ0n) is 11.1. The number of nitrogens with one attached hydrogen (secondary N) is 1. The van der Waals surface area contributed by atoms with E-state index in [0.29, 0.717) is 5.41 Å². The van der Waals surface area contributed by atoms with E-state index in [2.05, 4.69) is 26.2 Å². The van der Waals surface area contributed by atoms with Gasteiger partial charge in [-0.2, -0.15) is 0 Å². The lowest BCUT2D eigenvalue weighted by Gasteiger charge is -2.33. The smallest absolute Gasteiger partial charge is 0.0462 e. The van der Waals surface area contributed by atoms with Crippen LogP contribution in [0.2, 0.25) is 0 Å². The highest BCUT2D eigenvalue weighted by Gasteiger charge is 2.25. The van der Waals surface area contributed by atoms with E-state index in [0.717, 1.165) is 13.2 Å². The fraction of sp³-hybridized carbons (Fsp3) is 1.00. The Morgan fingerprint density at radius 1 is 1.13 bits per heavy atom. The zero-order chi connectivity index (χ0) is 11.6. The normalized spacial score (nSPS) is 15.2. The monoisotopic (exact) mass is 215 g/mol. The molecule has 2 heteroatoms. The van der Waals surface area contributed by atoms with E-state index >= 15 is 0 Å². The molecule has 0 aliphatic carbocycles. The van der Waals surface area contributed by atoms with Crippen LogP contribution >= 0.6 is 0 Å². The van der Waals surface area contributed by atoms with E-state index < -0.39 is 0 Å². The van der Waals surface area contributed by atoms with Crippen LogP contribution in [-0.2, 0) is 4.74 Å². The molecule has 0 bridgehead atoms. The van der Waals surface area contributed by atoms with Crippen molar-refractivity contribution in [2.45, 2.75) is 52.4 Å². The van der Waals surface area contributed by atoms with Crippen LogP contribution in [0.15, 0.2) is 0 Å². The van der Waals surface area contributed by atoms with Crippen LogP contribution in [0.1, 0.15) is 52.4 Å². The molecule has 0 fully saturated rings. The number of unbranched alkanes of at least 4 members (excludes halogenated alkanes) is 1. The largest absolute Gasteiger partial charge is 0.385 e. The van der Waals surface area contributed by atoms with Gasteiger partial charge in [0.2, 0.25) is 0 Å². The minimum Gasteiger partial charge on any atom is -0.385 e. The maximum Gasteiger partial charge on any atom is 0.0462 e. The summed E-state index contributed by atoms with van der Waals surface area (Å²) in [7, 11) is 3.85. The molecule has 0 amide bonds. The van der Waals surface area contributed by atoms with Gasteiger partial charge in [0.05, 0.1) is 0 Å². The summed E-state index contributed by atoms with van der Waals surface area (Å²) in [4.78, 5) is 0. The molecule has 0 radical (unpaired) electrons. The SMILES string of the molecule is CCCCC(CC)(CCCOC)CNC. The molecule has 1 atom stereocenters. The maximum atomic E-state index is 5.14. The summed E-state index contributed by atoms with van der Waals surface area (Å²) in [6.07, 6.45) is 7.76. The molecule has 0 aromatic heterocycles. The first-order valence-electron chi connectivity index (χ1n) is 6.38. The van der Waals surface area contributed by atoms with E-state index in [-0.39, 0.29) is 0 Å². The molecule has 0 aromatic rings. The highest BCUT2D eigenvalue weighted by molar-refractivity contribution is 4.79. The Morgan fingerprint density at radius 2 is 1.80 bits per heavy atom. The van der Waals surface area contributed by atoms with Gasteiger partial charge in [-0.25, -0.2) is 0 Å². The average Bonchev–Trinajstić information content (AvgIpc) is 2.26. The Hall–Kier alpha value is -0.0800. The molecule has 2 nitrogen and oxygen atoms in total. The van der Waals surface area contributed by atoms with Gasteiger partial charge in [0.1, 0.15) is 0 Å². The van der Waals surface area contributed by atoms with Crippen LogP contribution < -0.4 is 5.32 Å². The van der Waals surface area contributed by atoms with Crippen molar-refractivity contribution in [2.75, 3.05) is 27.3 Å². The summed E-state index contributed by atoms with van der Waals surface area (Å²) in [6, 6.07) is 0. The van der Waals surface area contributed by atoms with E-state index in [1.54, 1.807) is 7.11 Å². The van der Waals surface area contributed by atoms with E-state index in [4.69, 9.17) is 4.74 Å². The molecule has 1 N–H and O–H groups in total. The summed E-state index contributed by atoms with van der Waals surface area (Å²) < 4.78 is 5.14. The summed E-state index contributed by atoms with van der Waals surface area (Å²) in [5.41, 5.74) is 0.503. The van der Waals surface area contributed by atoms with Gasteiger partial charge in [-0.1, -0.05) is 26.7 Å². The summed E-state index contributed by atoms with van der Waals surface area (Å²) >= 11 is 0. The van der Waals surface area contributed by atoms with Crippen molar-refractivity contribution < 1.29 is 4.74 Å². The molecule has 15 heavy (non-hydrogen) atoms. The van der Waals surface area contributed by atoms with Gasteiger partial charge in [-0.3, -0.25) is 0 Å². The molecule has 0 saturated carbocycles. The molecule has 1 unspecified atom stereocenters. The molecule has 0 rings (SSSR count). The molecule has 0 spiro atoms. The Kier molecular flexibility index (Phi) is 9.12. The van der Waals surface area contributed by atoms with E-state index in [1.807, 2.05) is 0 Å². The lowest BCUT2D eigenvalue weighted by molar-refractivity contribution is 0.152. The summed E-state index contributed by atoms with van der Waals surface area (Å²) in [6.45, 7) is 6.64. The van der Waals surface area contributed by atoms with Gasteiger partial charge < -0.3 is 10.1 Å². The van der Waals surface area contributed by atoms with Crippen molar-refractivity contribution in [3.63, 3.8) is 0 Å². The number of hydrogen-bond acceptors (Lipinski definition) is 2. The average molecular weight is 215 g/mol. The predicted molar refractivity (Wildman–Crippen MR) is 67.3 cm³/mol. The van der Waals surface area contributed by atoms with Gasteiger partial charge in [-0.15, -0.1) is 0 Å². The van der Waals surface area contributed by atoms with Crippen molar-refractivity contribution >= 4 is 0 Å².